The summed E-state index contributed by atoms with van der Waals surface area (Å²) in [5.41, 5.74) is 0.854. The normalized spacial score (nSPS) is 11.5. The van der Waals surface area contributed by atoms with E-state index in [1.165, 1.54) is 67.1 Å². The van der Waals surface area contributed by atoms with E-state index in [4.69, 9.17) is 0 Å². The molecule has 0 aliphatic heterocycles. The van der Waals surface area contributed by atoms with Crippen LogP contribution < -0.4 is 10.2 Å². The second-order valence-corrected chi connectivity index (χ2v) is 7.65. The average molecular weight is 476 g/mol. The predicted molar refractivity (Wildman–Crippen MR) is 124 cm³/mol. The highest BCUT2D eigenvalue weighted by molar-refractivity contribution is 6.11. The van der Waals surface area contributed by atoms with E-state index < -0.39 is 35.3 Å². The Morgan fingerprint density at radius 2 is 1.54 bits per heavy atom. The number of nitrogens with zero attached hydrogens (tertiary/aromatic N) is 3. The Labute approximate surface area is 199 Å². The lowest BCUT2D eigenvalue weighted by Gasteiger charge is -2.31. The van der Waals surface area contributed by atoms with Crippen molar-refractivity contribution in [1.82, 2.24) is 9.97 Å². The molecule has 4 aromatic rings. The molecule has 0 bridgehead atoms. The number of rotatable bonds is 6. The summed E-state index contributed by atoms with van der Waals surface area (Å²) in [6.07, 6.45) is 3.91. The molecule has 1 aromatic heterocycles. The zero-order valence-electron chi connectivity index (χ0n) is 18.5. The zero-order chi connectivity index (χ0) is 24.9. The summed E-state index contributed by atoms with van der Waals surface area (Å²) in [6.45, 7) is 1.56. The number of amides is 2. The van der Waals surface area contributed by atoms with E-state index in [-0.39, 0.29) is 22.6 Å². The average Bonchev–Trinajstić information content (AvgIpc) is 2.86. The van der Waals surface area contributed by atoms with Crippen molar-refractivity contribution in [2.75, 3.05) is 10.2 Å². The molecule has 4 rings (SSSR count). The molecule has 0 aliphatic carbocycles. The van der Waals surface area contributed by atoms with Gasteiger partial charge in [-0.15, -0.1) is 0 Å². The topological polar surface area (TPSA) is 75.2 Å². The number of carbonyl (C=O) groups excluding carboxylic acids is 2. The molecule has 1 atom stereocenters. The van der Waals surface area contributed by atoms with Gasteiger partial charge in [-0.2, -0.15) is 0 Å². The lowest BCUT2D eigenvalue weighted by Crippen LogP contribution is -2.42. The van der Waals surface area contributed by atoms with Gasteiger partial charge in [0.15, 0.2) is 0 Å². The van der Waals surface area contributed by atoms with Crippen LogP contribution >= 0.6 is 0 Å². The Kier molecular flexibility index (Phi) is 6.86. The van der Waals surface area contributed by atoms with Crippen LogP contribution in [0.4, 0.5) is 24.5 Å². The Balaban J connectivity index is 1.86. The highest BCUT2D eigenvalue weighted by atomic mass is 19.1. The molecular formula is C26H19F3N4O2. The fraction of sp³-hybridized carbons (Fsp3) is 0.0769. The summed E-state index contributed by atoms with van der Waals surface area (Å²) in [4.78, 5) is 36.2. The third-order valence-corrected chi connectivity index (χ3v) is 5.24. The first-order chi connectivity index (χ1) is 16.8. The molecule has 176 valence electrons. The van der Waals surface area contributed by atoms with Gasteiger partial charge in [-0.05, 0) is 66.6 Å². The van der Waals surface area contributed by atoms with E-state index in [9.17, 15) is 22.8 Å². The minimum Gasteiger partial charge on any atom is -0.324 e. The fourth-order valence-corrected chi connectivity index (χ4v) is 3.45. The van der Waals surface area contributed by atoms with Crippen molar-refractivity contribution in [2.24, 2.45) is 0 Å². The quantitative estimate of drug-likeness (QED) is 0.414. The SMILES string of the molecule is Cc1ccc(N(C(=O)c2cnccn2)[C@H](C(=O)Nc2ccc(F)cc2)c2ccc(F)cc2)cc1F. The second-order valence-electron chi connectivity index (χ2n) is 7.65. The maximum atomic E-state index is 14.6. The standard InChI is InChI=1S/C26H19F3N4O2/c1-16-2-11-21(14-22(16)29)33(26(35)23-15-30-12-13-31-23)24(17-3-5-18(27)6-4-17)25(34)32-20-9-7-19(28)8-10-20/h2-15,24H,1H3,(H,32,34)/t24-/m0/s1. The van der Waals surface area contributed by atoms with Crippen LogP contribution in [0.25, 0.3) is 0 Å². The summed E-state index contributed by atoms with van der Waals surface area (Å²) in [5, 5.41) is 2.64. The van der Waals surface area contributed by atoms with Crippen LogP contribution in [-0.4, -0.2) is 21.8 Å². The van der Waals surface area contributed by atoms with E-state index in [0.29, 0.717) is 5.56 Å². The van der Waals surface area contributed by atoms with Gasteiger partial charge in [0, 0.05) is 23.8 Å². The number of aryl methyl sites for hydroxylation is 1. The molecule has 0 saturated carbocycles. The summed E-state index contributed by atoms with van der Waals surface area (Å²) >= 11 is 0. The molecular weight excluding hydrogens is 457 g/mol. The number of hydrogen-bond donors (Lipinski definition) is 1. The van der Waals surface area contributed by atoms with E-state index >= 15 is 0 Å². The molecule has 1 N–H and O–H groups in total. The molecule has 3 aromatic carbocycles. The number of carbonyl (C=O) groups is 2. The summed E-state index contributed by atoms with van der Waals surface area (Å²) in [7, 11) is 0. The van der Waals surface area contributed by atoms with Crippen molar-refractivity contribution >= 4 is 23.2 Å². The number of halogens is 3. The van der Waals surface area contributed by atoms with Gasteiger partial charge in [0.1, 0.15) is 29.2 Å². The lowest BCUT2D eigenvalue weighted by molar-refractivity contribution is -0.117. The van der Waals surface area contributed by atoms with Crippen LogP contribution in [-0.2, 0) is 4.79 Å². The maximum Gasteiger partial charge on any atom is 0.279 e. The minimum absolute atomic E-state index is 0.0762. The van der Waals surface area contributed by atoms with Crippen LogP contribution in [0.1, 0.15) is 27.7 Å². The number of anilines is 2. The lowest BCUT2D eigenvalue weighted by atomic mass is 10.0. The molecule has 2 amide bonds. The van der Waals surface area contributed by atoms with Gasteiger partial charge in [0.25, 0.3) is 11.8 Å². The predicted octanol–water partition coefficient (Wildman–Crippen LogP) is 5.23. The Morgan fingerprint density at radius 1 is 0.886 bits per heavy atom. The molecule has 0 spiro atoms. The molecule has 0 aliphatic rings. The second kappa shape index (κ2) is 10.2. The van der Waals surface area contributed by atoms with Gasteiger partial charge in [0.05, 0.1) is 6.20 Å². The monoisotopic (exact) mass is 476 g/mol. The highest BCUT2D eigenvalue weighted by Gasteiger charge is 2.34. The Hall–Kier alpha value is -4.53. The van der Waals surface area contributed by atoms with Gasteiger partial charge < -0.3 is 5.32 Å². The van der Waals surface area contributed by atoms with Gasteiger partial charge in [0.2, 0.25) is 0 Å². The van der Waals surface area contributed by atoms with Crippen molar-refractivity contribution in [3.63, 3.8) is 0 Å². The third-order valence-electron chi connectivity index (χ3n) is 5.24. The maximum absolute atomic E-state index is 14.6. The van der Waals surface area contributed by atoms with Crippen molar-refractivity contribution in [3.8, 4) is 0 Å². The zero-order valence-corrected chi connectivity index (χ0v) is 18.5. The summed E-state index contributed by atoms with van der Waals surface area (Å²) < 4.78 is 41.6. The van der Waals surface area contributed by atoms with E-state index in [0.717, 1.165) is 23.1 Å². The smallest absolute Gasteiger partial charge is 0.279 e. The molecule has 0 fully saturated rings. The van der Waals surface area contributed by atoms with E-state index in [1.54, 1.807) is 6.92 Å². The van der Waals surface area contributed by atoms with Gasteiger partial charge >= 0.3 is 0 Å². The van der Waals surface area contributed by atoms with Crippen molar-refractivity contribution in [3.05, 3.63) is 120 Å². The first-order valence-corrected chi connectivity index (χ1v) is 10.5. The molecule has 0 radical (unpaired) electrons. The van der Waals surface area contributed by atoms with E-state index in [1.807, 2.05) is 0 Å². The summed E-state index contributed by atoms with van der Waals surface area (Å²) in [5.74, 6) is -3.05. The van der Waals surface area contributed by atoms with Crippen molar-refractivity contribution < 1.29 is 22.8 Å². The number of aromatic nitrogens is 2. The first-order valence-electron chi connectivity index (χ1n) is 10.5. The molecule has 0 saturated heterocycles. The number of nitrogens with one attached hydrogen (secondary N) is 1. The van der Waals surface area contributed by atoms with Crippen LogP contribution in [0.5, 0.6) is 0 Å². The highest BCUT2D eigenvalue weighted by Crippen LogP contribution is 2.31. The molecule has 9 heteroatoms. The third kappa shape index (κ3) is 5.35. The van der Waals surface area contributed by atoms with Gasteiger partial charge in [-0.3, -0.25) is 19.5 Å². The fourth-order valence-electron chi connectivity index (χ4n) is 3.45. The first kappa shape index (κ1) is 23.6. The minimum atomic E-state index is -1.36. The number of hydrogen-bond acceptors (Lipinski definition) is 4. The summed E-state index contributed by atoms with van der Waals surface area (Å²) in [6, 6.07) is 12.8. The molecule has 35 heavy (non-hydrogen) atoms. The van der Waals surface area contributed by atoms with Crippen LogP contribution in [0.15, 0.2) is 85.3 Å². The molecule has 1 heterocycles. The van der Waals surface area contributed by atoms with Gasteiger partial charge in [-0.1, -0.05) is 18.2 Å². The van der Waals surface area contributed by atoms with Crippen molar-refractivity contribution in [1.29, 1.82) is 0 Å². The van der Waals surface area contributed by atoms with Crippen LogP contribution in [0.3, 0.4) is 0 Å². The van der Waals surface area contributed by atoms with Crippen molar-refractivity contribution in [2.45, 2.75) is 13.0 Å². The van der Waals surface area contributed by atoms with Crippen LogP contribution in [0, 0.1) is 24.4 Å². The molecule has 0 unspecified atom stereocenters. The van der Waals surface area contributed by atoms with Crippen LogP contribution in [0.2, 0.25) is 0 Å². The molecule has 6 nitrogen and oxygen atoms in total. The number of benzene rings is 3. The Morgan fingerprint density at radius 3 is 2.14 bits per heavy atom. The van der Waals surface area contributed by atoms with E-state index in [2.05, 4.69) is 15.3 Å². The Bertz CT molecular complexity index is 1350. The van der Waals surface area contributed by atoms with Gasteiger partial charge in [-0.25, -0.2) is 18.2 Å². The largest absolute Gasteiger partial charge is 0.324 e.